The quantitative estimate of drug-likeness (QED) is 0.235. The molecule has 0 heteroatoms. The Hall–Kier alpha value is -1.56. The largest absolute Gasteiger partial charge is 0.0654 e. The van der Waals surface area contributed by atoms with Crippen LogP contribution in [0, 0.1) is 5.92 Å². The zero-order valence-electron chi connectivity index (χ0n) is 19.0. The smallest absolute Gasteiger partial charge is 0.0276 e. The van der Waals surface area contributed by atoms with E-state index in [-0.39, 0.29) is 0 Å². The number of unbranched alkanes of at least 4 members (excludes halogenated alkanes) is 9. The third-order valence-electron chi connectivity index (χ3n) is 6.33. The van der Waals surface area contributed by atoms with Crippen LogP contribution >= 0.6 is 0 Å². The average Bonchev–Trinajstić information content (AvgIpc) is 2.77. The highest BCUT2D eigenvalue weighted by Crippen LogP contribution is 2.23. The van der Waals surface area contributed by atoms with Crippen molar-refractivity contribution in [2.24, 2.45) is 5.92 Å². The van der Waals surface area contributed by atoms with Crippen molar-refractivity contribution in [3.05, 3.63) is 71.8 Å². The van der Waals surface area contributed by atoms with Crippen LogP contribution < -0.4 is 0 Å². The van der Waals surface area contributed by atoms with Gasteiger partial charge in [0, 0.05) is 0 Å². The van der Waals surface area contributed by atoms with Gasteiger partial charge in [0.25, 0.3) is 0 Å². The second-order valence-electron chi connectivity index (χ2n) is 8.89. The summed E-state index contributed by atoms with van der Waals surface area (Å²) < 4.78 is 0. The van der Waals surface area contributed by atoms with E-state index < -0.39 is 0 Å². The van der Waals surface area contributed by atoms with E-state index in [2.05, 4.69) is 67.6 Å². The van der Waals surface area contributed by atoms with E-state index in [1.807, 2.05) is 0 Å². The molecular formula is C29H44. The molecule has 0 atom stereocenters. The minimum Gasteiger partial charge on any atom is -0.0654 e. The van der Waals surface area contributed by atoms with Gasteiger partial charge in [-0.2, -0.15) is 0 Å². The Balaban J connectivity index is 1.63. The molecule has 0 spiro atoms. The molecule has 2 rings (SSSR count). The van der Waals surface area contributed by atoms with Crippen LogP contribution in [0.15, 0.2) is 60.7 Å². The highest BCUT2D eigenvalue weighted by molar-refractivity contribution is 5.15. The van der Waals surface area contributed by atoms with Gasteiger partial charge in [0.05, 0.1) is 0 Å². The van der Waals surface area contributed by atoms with Gasteiger partial charge in [-0.05, 0) is 42.7 Å². The summed E-state index contributed by atoms with van der Waals surface area (Å²) in [4.78, 5) is 0. The first-order valence-electron chi connectivity index (χ1n) is 12.5. The number of benzene rings is 2. The molecule has 2 aromatic carbocycles. The van der Waals surface area contributed by atoms with E-state index >= 15 is 0 Å². The second kappa shape index (κ2) is 16.3. The van der Waals surface area contributed by atoms with Crippen molar-refractivity contribution in [3.63, 3.8) is 0 Å². The molecule has 0 nitrogen and oxygen atoms in total. The molecule has 0 unspecified atom stereocenters. The van der Waals surface area contributed by atoms with Crippen LogP contribution in [0.4, 0.5) is 0 Å². The molecule has 0 aromatic heterocycles. The fourth-order valence-corrected chi connectivity index (χ4v) is 4.38. The first-order chi connectivity index (χ1) is 14.4. The van der Waals surface area contributed by atoms with E-state index in [4.69, 9.17) is 0 Å². The highest BCUT2D eigenvalue weighted by atomic mass is 14.2. The lowest BCUT2D eigenvalue weighted by Crippen LogP contribution is -2.05. The van der Waals surface area contributed by atoms with Gasteiger partial charge in [-0.15, -0.1) is 0 Å². The lowest BCUT2D eigenvalue weighted by atomic mass is 9.88. The lowest BCUT2D eigenvalue weighted by molar-refractivity contribution is 0.397. The fraction of sp³-hybridized carbons (Fsp3) is 0.586. The minimum absolute atomic E-state index is 0.865. The van der Waals surface area contributed by atoms with Crippen LogP contribution in [0.25, 0.3) is 0 Å². The Morgan fingerprint density at radius 2 is 0.897 bits per heavy atom. The molecular weight excluding hydrogens is 348 g/mol. The SMILES string of the molecule is CCCCCCCCCCCCC(CCc1ccccc1)CCc1ccccc1. The zero-order chi connectivity index (χ0) is 20.4. The van der Waals surface area contributed by atoms with Crippen LogP contribution in [0.5, 0.6) is 0 Å². The molecule has 0 heterocycles. The Morgan fingerprint density at radius 1 is 0.483 bits per heavy atom. The predicted octanol–water partition coefficient (Wildman–Crippen LogP) is 9.18. The van der Waals surface area contributed by atoms with E-state index in [1.165, 1.54) is 107 Å². The molecule has 0 aliphatic rings. The minimum atomic E-state index is 0.865. The summed E-state index contributed by atoms with van der Waals surface area (Å²) in [6.45, 7) is 2.30. The number of aryl methyl sites for hydroxylation is 2. The second-order valence-corrected chi connectivity index (χ2v) is 8.89. The van der Waals surface area contributed by atoms with Gasteiger partial charge in [-0.3, -0.25) is 0 Å². The summed E-state index contributed by atoms with van der Waals surface area (Å²) in [6.07, 6.45) is 20.9. The van der Waals surface area contributed by atoms with Crippen LogP contribution in [0.1, 0.15) is 102 Å². The van der Waals surface area contributed by atoms with Gasteiger partial charge < -0.3 is 0 Å². The van der Waals surface area contributed by atoms with Crippen molar-refractivity contribution >= 4 is 0 Å². The topological polar surface area (TPSA) is 0 Å². The summed E-state index contributed by atoms with van der Waals surface area (Å²) in [6, 6.07) is 22.1. The monoisotopic (exact) mass is 392 g/mol. The molecule has 29 heavy (non-hydrogen) atoms. The Kier molecular flexibility index (Phi) is 13.3. The predicted molar refractivity (Wildman–Crippen MR) is 129 cm³/mol. The summed E-state index contributed by atoms with van der Waals surface area (Å²) >= 11 is 0. The first-order valence-corrected chi connectivity index (χ1v) is 12.5. The summed E-state index contributed by atoms with van der Waals surface area (Å²) in [5.74, 6) is 0.865. The zero-order valence-corrected chi connectivity index (χ0v) is 19.0. The molecule has 0 amide bonds. The normalized spacial score (nSPS) is 11.2. The molecule has 0 bridgehead atoms. The van der Waals surface area contributed by atoms with Gasteiger partial charge in [0.15, 0.2) is 0 Å². The fourth-order valence-electron chi connectivity index (χ4n) is 4.38. The van der Waals surface area contributed by atoms with E-state index in [1.54, 1.807) is 0 Å². The molecule has 0 N–H and O–H groups in total. The Bertz CT molecular complexity index is 542. The Morgan fingerprint density at radius 3 is 1.34 bits per heavy atom. The van der Waals surface area contributed by atoms with Gasteiger partial charge in [-0.25, -0.2) is 0 Å². The van der Waals surface area contributed by atoms with Gasteiger partial charge in [-0.1, -0.05) is 138 Å². The van der Waals surface area contributed by atoms with Crippen molar-refractivity contribution in [3.8, 4) is 0 Å². The van der Waals surface area contributed by atoms with Gasteiger partial charge >= 0.3 is 0 Å². The van der Waals surface area contributed by atoms with Crippen LogP contribution in [-0.4, -0.2) is 0 Å². The average molecular weight is 393 g/mol. The maximum absolute atomic E-state index is 2.30. The Labute approximate surface area is 181 Å². The lowest BCUT2D eigenvalue weighted by Gasteiger charge is -2.17. The van der Waals surface area contributed by atoms with Gasteiger partial charge in [0.2, 0.25) is 0 Å². The number of hydrogen-bond acceptors (Lipinski definition) is 0. The van der Waals surface area contributed by atoms with Crippen molar-refractivity contribution in [1.82, 2.24) is 0 Å². The highest BCUT2D eigenvalue weighted by Gasteiger charge is 2.10. The molecule has 0 aliphatic carbocycles. The van der Waals surface area contributed by atoms with Crippen LogP contribution in [0.2, 0.25) is 0 Å². The maximum atomic E-state index is 2.30. The molecule has 0 aliphatic heterocycles. The first kappa shape index (κ1) is 23.7. The number of hydrogen-bond donors (Lipinski definition) is 0. The third kappa shape index (κ3) is 11.9. The molecule has 2 aromatic rings. The summed E-state index contributed by atoms with van der Waals surface area (Å²) in [5, 5.41) is 0. The van der Waals surface area contributed by atoms with Crippen LogP contribution in [-0.2, 0) is 12.8 Å². The molecule has 0 saturated heterocycles. The molecule has 160 valence electrons. The van der Waals surface area contributed by atoms with Gasteiger partial charge in [0.1, 0.15) is 0 Å². The van der Waals surface area contributed by atoms with Crippen molar-refractivity contribution in [2.75, 3.05) is 0 Å². The molecule has 0 radical (unpaired) electrons. The third-order valence-corrected chi connectivity index (χ3v) is 6.33. The molecule has 0 fully saturated rings. The van der Waals surface area contributed by atoms with E-state index in [0.717, 1.165) is 5.92 Å². The van der Waals surface area contributed by atoms with Crippen molar-refractivity contribution < 1.29 is 0 Å². The van der Waals surface area contributed by atoms with Crippen molar-refractivity contribution in [1.29, 1.82) is 0 Å². The van der Waals surface area contributed by atoms with Crippen LogP contribution in [0.3, 0.4) is 0 Å². The van der Waals surface area contributed by atoms with E-state index in [9.17, 15) is 0 Å². The molecule has 0 saturated carbocycles. The van der Waals surface area contributed by atoms with Crippen molar-refractivity contribution in [2.45, 2.75) is 103 Å². The summed E-state index contributed by atoms with van der Waals surface area (Å²) in [5.41, 5.74) is 3.00. The number of rotatable bonds is 17. The summed E-state index contributed by atoms with van der Waals surface area (Å²) in [7, 11) is 0. The van der Waals surface area contributed by atoms with E-state index in [0.29, 0.717) is 0 Å². The standard InChI is InChI=1S/C29H44/c1-2-3-4-5-6-7-8-9-10-13-22-29(25-23-27-18-14-11-15-19-27)26-24-28-20-16-12-17-21-28/h11-12,14-21,29H,2-10,13,22-26H2,1H3. The maximum Gasteiger partial charge on any atom is -0.0276 e.